The zero-order valence-corrected chi connectivity index (χ0v) is 17.5. The van der Waals surface area contributed by atoms with Crippen molar-refractivity contribution in [1.29, 1.82) is 0 Å². The highest BCUT2D eigenvalue weighted by molar-refractivity contribution is 5.79. The van der Waals surface area contributed by atoms with Crippen molar-refractivity contribution in [3.63, 3.8) is 0 Å². The van der Waals surface area contributed by atoms with Crippen LogP contribution in [0.5, 0.6) is 5.75 Å². The molecule has 6 nitrogen and oxygen atoms in total. The lowest BCUT2D eigenvalue weighted by atomic mass is 9.84. The average molecular weight is 405 g/mol. The highest BCUT2D eigenvalue weighted by Gasteiger charge is 2.31. The number of hydrogen-bond acceptors (Lipinski definition) is 4. The molecule has 1 aliphatic heterocycles. The van der Waals surface area contributed by atoms with E-state index in [9.17, 15) is 4.79 Å². The minimum absolute atomic E-state index is 0.287. The van der Waals surface area contributed by atoms with E-state index in [1.54, 1.807) is 7.11 Å². The van der Waals surface area contributed by atoms with Crippen LogP contribution in [0.1, 0.15) is 25.0 Å². The van der Waals surface area contributed by atoms with Gasteiger partial charge in [0.2, 0.25) is 5.91 Å². The molecule has 2 aromatic heterocycles. The molecule has 1 aromatic carbocycles. The van der Waals surface area contributed by atoms with Crippen LogP contribution >= 0.6 is 0 Å². The summed E-state index contributed by atoms with van der Waals surface area (Å²) in [5.41, 5.74) is 4.18. The monoisotopic (exact) mass is 404 g/mol. The normalized spacial score (nSPS) is 17.8. The van der Waals surface area contributed by atoms with Crippen LogP contribution in [0.4, 0.5) is 0 Å². The number of imidazole rings is 1. The summed E-state index contributed by atoms with van der Waals surface area (Å²) in [5, 5.41) is 0. The SMILES string of the molecule is COc1cccc(-c2nc3ccccn3c2CN2CCN(C(=O)C3CCC3)CC2)c1. The summed E-state index contributed by atoms with van der Waals surface area (Å²) in [6, 6.07) is 14.2. The van der Waals surface area contributed by atoms with E-state index in [-0.39, 0.29) is 5.92 Å². The Balaban J connectivity index is 1.38. The first-order valence-corrected chi connectivity index (χ1v) is 10.8. The van der Waals surface area contributed by atoms with Crippen molar-refractivity contribution in [2.45, 2.75) is 25.8 Å². The minimum atomic E-state index is 0.287. The molecule has 6 heteroatoms. The van der Waals surface area contributed by atoms with Gasteiger partial charge >= 0.3 is 0 Å². The molecule has 156 valence electrons. The summed E-state index contributed by atoms with van der Waals surface area (Å²) < 4.78 is 7.61. The Hall–Kier alpha value is -2.86. The number of benzene rings is 1. The Bertz CT molecular complexity index is 1050. The van der Waals surface area contributed by atoms with E-state index in [0.29, 0.717) is 5.91 Å². The first-order valence-electron chi connectivity index (χ1n) is 10.8. The number of ether oxygens (including phenoxy) is 1. The van der Waals surface area contributed by atoms with Gasteiger partial charge in [-0.15, -0.1) is 0 Å². The second-order valence-corrected chi connectivity index (χ2v) is 8.30. The van der Waals surface area contributed by atoms with Crippen LogP contribution in [0.15, 0.2) is 48.7 Å². The van der Waals surface area contributed by atoms with E-state index >= 15 is 0 Å². The van der Waals surface area contributed by atoms with Crippen molar-refractivity contribution in [2.24, 2.45) is 5.92 Å². The van der Waals surface area contributed by atoms with Crippen molar-refractivity contribution >= 4 is 11.6 Å². The van der Waals surface area contributed by atoms with Gasteiger partial charge in [0, 0.05) is 50.4 Å². The van der Waals surface area contributed by atoms with Crippen LogP contribution in [0.2, 0.25) is 0 Å². The maximum atomic E-state index is 12.6. The van der Waals surface area contributed by atoms with Crippen LogP contribution in [-0.4, -0.2) is 58.4 Å². The van der Waals surface area contributed by atoms with Gasteiger partial charge in [0.15, 0.2) is 0 Å². The van der Waals surface area contributed by atoms with Gasteiger partial charge in [0.05, 0.1) is 18.5 Å². The molecule has 0 N–H and O–H groups in total. The summed E-state index contributed by atoms with van der Waals surface area (Å²) in [7, 11) is 1.69. The van der Waals surface area contributed by atoms with Gasteiger partial charge in [-0.25, -0.2) is 4.98 Å². The number of rotatable bonds is 5. The third kappa shape index (κ3) is 3.56. The number of hydrogen-bond donors (Lipinski definition) is 0. The number of nitrogens with zero attached hydrogens (tertiary/aromatic N) is 4. The minimum Gasteiger partial charge on any atom is -0.497 e. The van der Waals surface area contributed by atoms with Crippen molar-refractivity contribution in [3.05, 3.63) is 54.4 Å². The molecule has 1 saturated carbocycles. The molecule has 0 atom stereocenters. The Morgan fingerprint density at radius 3 is 2.67 bits per heavy atom. The second kappa shape index (κ2) is 8.11. The average Bonchev–Trinajstić information content (AvgIpc) is 3.11. The third-order valence-corrected chi connectivity index (χ3v) is 6.48. The maximum absolute atomic E-state index is 12.6. The summed E-state index contributed by atoms with van der Waals surface area (Å²) in [6.45, 7) is 4.25. The summed E-state index contributed by atoms with van der Waals surface area (Å²) in [6.07, 6.45) is 5.44. The summed E-state index contributed by atoms with van der Waals surface area (Å²) in [5.74, 6) is 1.49. The number of fused-ring (bicyclic) bond motifs is 1. The maximum Gasteiger partial charge on any atom is 0.225 e. The molecule has 2 fully saturated rings. The van der Waals surface area contributed by atoms with Gasteiger partial charge in [-0.1, -0.05) is 24.6 Å². The van der Waals surface area contributed by atoms with Crippen LogP contribution < -0.4 is 4.74 Å². The molecule has 0 unspecified atom stereocenters. The molecule has 0 bridgehead atoms. The number of amides is 1. The molecule has 1 saturated heterocycles. The number of pyridine rings is 1. The van der Waals surface area contributed by atoms with E-state index in [2.05, 4.69) is 26.5 Å². The zero-order chi connectivity index (χ0) is 20.5. The van der Waals surface area contributed by atoms with E-state index < -0.39 is 0 Å². The second-order valence-electron chi connectivity index (χ2n) is 8.30. The Kier molecular flexibility index (Phi) is 5.17. The molecular formula is C24H28N4O2. The molecule has 30 heavy (non-hydrogen) atoms. The molecule has 3 aromatic rings. The van der Waals surface area contributed by atoms with Gasteiger partial charge < -0.3 is 14.0 Å². The van der Waals surface area contributed by atoms with Crippen LogP contribution in [0.25, 0.3) is 16.9 Å². The van der Waals surface area contributed by atoms with Crippen LogP contribution in [0.3, 0.4) is 0 Å². The first kappa shape index (κ1) is 19.1. The van der Waals surface area contributed by atoms with Crippen molar-refractivity contribution < 1.29 is 9.53 Å². The van der Waals surface area contributed by atoms with E-state index in [1.807, 2.05) is 36.4 Å². The topological polar surface area (TPSA) is 50.1 Å². The number of aromatic nitrogens is 2. The number of piperazine rings is 1. The molecule has 0 radical (unpaired) electrons. The fourth-order valence-corrected chi connectivity index (χ4v) is 4.45. The van der Waals surface area contributed by atoms with E-state index in [0.717, 1.165) is 68.2 Å². The van der Waals surface area contributed by atoms with Crippen LogP contribution in [0, 0.1) is 5.92 Å². The van der Waals surface area contributed by atoms with Gasteiger partial charge in [-0.2, -0.15) is 0 Å². The third-order valence-electron chi connectivity index (χ3n) is 6.48. The number of carbonyl (C=O) groups is 1. The predicted molar refractivity (Wildman–Crippen MR) is 116 cm³/mol. The van der Waals surface area contributed by atoms with Crippen molar-refractivity contribution in [2.75, 3.05) is 33.3 Å². The number of carbonyl (C=O) groups excluding carboxylic acids is 1. The largest absolute Gasteiger partial charge is 0.497 e. The van der Waals surface area contributed by atoms with Gasteiger partial charge in [-0.3, -0.25) is 9.69 Å². The molecule has 3 heterocycles. The summed E-state index contributed by atoms with van der Waals surface area (Å²) >= 11 is 0. The van der Waals surface area contributed by atoms with Gasteiger partial charge in [-0.05, 0) is 37.1 Å². The highest BCUT2D eigenvalue weighted by Crippen LogP contribution is 2.30. The van der Waals surface area contributed by atoms with Gasteiger partial charge in [0.25, 0.3) is 0 Å². The lowest BCUT2D eigenvalue weighted by molar-refractivity contribution is -0.140. The lowest BCUT2D eigenvalue weighted by Gasteiger charge is -2.38. The smallest absolute Gasteiger partial charge is 0.225 e. The van der Waals surface area contributed by atoms with Gasteiger partial charge in [0.1, 0.15) is 11.4 Å². The highest BCUT2D eigenvalue weighted by atomic mass is 16.5. The molecule has 1 amide bonds. The first-order chi connectivity index (χ1) is 14.7. The van der Waals surface area contributed by atoms with E-state index in [1.165, 1.54) is 12.1 Å². The predicted octanol–water partition coefficient (Wildman–Crippen LogP) is 3.45. The van der Waals surface area contributed by atoms with Crippen LogP contribution in [-0.2, 0) is 11.3 Å². The lowest BCUT2D eigenvalue weighted by Crippen LogP contribution is -2.50. The standard InChI is InChI=1S/C24H28N4O2/c1-30-20-9-5-8-19(16-20)23-21(28-11-3-2-10-22(28)25-23)17-26-12-14-27(15-13-26)24(29)18-6-4-7-18/h2-3,5,8-11,16,18H,4,6-7,12-15,17H2,1H3. The molecule has 2 aliphatic rings. The molecule has 0 spiro atoms. The number of methoxy groups -OCH3 is 1. The van der Waals surface area contributed by atoms with Crippen molar-refractivity contribution in [1.82, 2.24) is 19.2 Å². The molecule has 5 rings (SSSR count). The van der Waals surface area contributed by atoms with Crippen molar-refractivity contribution in [3.8, 4) is 17.0 Å². The fraction of sp³-hybridized carbons (Fsp3) is 0.417. The van der Waals surface area contributed by atoms with E-state index in [4.69, 9.17) is 9.72 Å². The Morgan fingerprint density at radius 1 is 1.10 bits per heavy atom. The molecular weight excluding hydrogens is 376 g/mol. The quantitative estimate of drug-likeness (QED) is 0.654. The Labute approximate surface area is 177 Å². The summed E-state index contributed by atoms with van der Waals surface area (Å²) in [4.78, 5) is 22.0. The zero-order valence-electron chi connectivity index (χ0n) is 17.5. The molecule has 1 aliphatic carbocycles. The fourth-order valence-electron chi connectivity index (χ4n) is 4.45. The Morgan fingerprint density at radius 2 is 1.93 bits per heavy atom.